The summed E-state index contributed by atoms with van der Waals surface area (Å²) in [6.07, 6.45) is 0.596. The van der Waals surface area contributed by atoms with E-state index in [4.69, 9.17) is 0 Å². The van der Waals surface area contributed by atoms with Crippen LogP contribution >= 0.6 is 0 Å². The molecule has 0 N–H and O–H groups in total. The molecule has 1 rings (SSSR count). The van der Waals surface area contributed by atoms with Crippen LogP contribution in [0.15, 0.2) is 24.3 Å². The maximum absolute atomic E-state index is 12.5. The number of rotatable bonds is 3. The molecule has 0 aliphatic heterocycles. The maximum Gasteiger partial charge on any atom is 0.175 e. The van der Waals surface area contributed by atoms with Crippen molar-refractivity contribution in [2.45, 2.75) is 13.8 Å². The first-order valence-electron chi connectivity index (χ1n) is 4.24. The molecule has 1 aromatic rings. The molecular weight excluding hydrogens is 183 g/mol. The summed E-state index contributed by atoms with van der Waals surface area (Å²) in [6, 6.07) is 5.16. The van der Waals surface area contributed by atoms with Crippen molar-refractivity contribution in [2.24, 2.45) is 5.41 Å². The van der Waals surface area contributed by atoms with Gasteiger partial charge in [-0.15, -0.1) is 0 Å². The number of carbonyl (C=O) groups is 2. The van der Waals surface area contributed by atoms with E-state index in [1.807, 2.05) is 0 Å². The topological polar surface area (TPSA) is 34.1 Å². The van der Waals surface area contributed by atoms with Crippen LogP contribution < -0.4 is 0 Å². The van der Waals surface area contributed by atoms with Crippen molar-refractivity contribution < 1.29 is 14.0 Å². The second-order valence-corrected chi connectivity index (χ2v) is 3.68. The molecule has 0 radical (unpaired) electrons. The number of ketones is 1. The zero-order valence-electron chi connectivity index (χ0n) is 8.08. The fourth-order valence-electron chi connectivity index (χ4n) is 1.03. The molecule has 0 saturated heterocycles. The van der Waals surface area contributed by atoms with Crippen LogP contribution in [-0.4, -0.2) is 12.1 Å². The molecule has 14 heavy (non-hydrogen) atoms. The van der Waals surface area contributed by atoms with E-state index in [0.29, 0.717) is 11.8 Å². The number of benzene rings is 1. The van der Waals surface area contributed by atoms with E-state index >= 15 is 0 Å². The van der Waals surface area contributed by atoms with Crippen LogP contribution in [0.4, 0.5) is 4.39 Å². The highest BCUT2D eigenvalue weighted by molar-refractivity contribution is 6.08. The smallest absolute Gasteiger partial charge is 0.175 e. The van der Waals surface area contributed by atoms with Crippen molar-refractivity contribution in [3.05, 3.63) is 35.6 Å². The number of Topliss-reactive ketones (excluding diaryl/α,β-unsaturated/α-hetero) is 1. The van der Waals surface area contributed by atoms with Gasteiger partial charge < -0.3 is 4.79 Å². The van der Waals surface area contributed by atoms with E-state index in [-0.39, 0.29) is 5.78 Å². The highest BCUT2D eigenvalue weighted by Gasteiger charge is 2.27. The Hall–Kier alpha value is -1.51. The maximum atomic E-state index is 12.5. The van der Waals surface area contributed by atoms with E-state index in [9.17, 15) is 14.0 Å². The van der Waals surface area contributed by atoms with Gasteiger partial charge in [-0.3, -0.25) is 4.79 Å². The molecule has 0 amide bonds. The lowest BCUT2D eigenvalue weighted by Gasteiger charge is -2.14. The van der Waals surface area contributed by atoms with Crippen molar-refractivity contribution in [3.63, 3.8) is 0 Å². The van der Waals surface area contributed by atoms with Crippen LogP contribution in [0.5, 0.6) is 0 Å². The summed E-state index contributed by atoms with van der Waals surface area (Å²) in [5, 5.41) is 0. The largest absolute Gasteiger partial charge is 0.302 e. The highest BCUT2D eigenvalue weighted by Crippen LogP contribution is 2.19. The molecule has 0 aromatic heterocycles. The number of aldehydes is 1. The molecule has 2 nitrogen and oxygen atoms in total. The van der Waals surface area contributed by atoms with E-state index in [2.05, 4.69) is 0 Å². The highest BCUT2D eigenvalue weighted by atomic mass is 19.1. The molecule has 0 atom stereocenters. The number of hydrogen-bond acceptors (Lipinski definition) is 2. The number of halogens is 1. The van der Waals surface area contributed by atoms with Crippen LogP contribution in [0.2, 0.25) is 0 Å². The van der Waals surface area contributed by atoms with Gasteiger partial charge in [-0.25, -0.2) is 4.39 Å². The summed E-state index contributed by atoms with van der Waals surface area (Å²) in [4.78, 5) is 22.3. The lowest BCUT2D eigenvalue weighted by molar-refractivity contribution is -0.112. The van der Waals surface area contributed by atoms with Gasteiger partial charge in [-0.1, -0.05) is 0 Å². The standard InChI is InChI=1S/C11H11FO2/c1-11(2,7-13)10(14)8-3-5-9(12)6-4-8/h3-7H,1-2H3. The van der Waals surface area contributed by atoms with Crippen molar-refractivity contribution in [3.8, 4) is 0 Å². The molecular formula is C11H11FO2. The summed E-state index contributed by atoms with van der Waals surface area (Å²) in [7, 11) is 0. The van der Waals surface area contributed by atoms with Crippen LogP contribution in [0.1, 0.15) is 24.2 Å². The first kappa shape index (κ1) is 10.6. The Labute approximate surface area is 81.7 Å². The van der Waals surface area contributed by atoms with Gasteiger partial charge in [-0.2, -0.15) is 0 Å². The van der Waals surface area contributed by atoms with Gasteiger partial charge >= 0.3 is 0 Å². The molecule has 0 bridgehead atoms. The van der Waals surface area contributed by atoms with Crippen LogP contribution in [0.3, 0.4) is 0 Å². The third-order valence-corrected chi connectivity index (χ3v) is 1.99. The summed E-state index contributed by atoms with van der Waals surface area (Å²) in [5.41, 5.74) is -0.693. The Morgan fingerprint density at radius 2 is 1.79 bits per heavy atom. The van der Waals surface area contributed by atoms with E-state index in [1.54, 1.807) is 0 Å². The molecule has 0 unspecified atom stereocenters. The molecule has 74 valence electrons. The van der Waals surface area contributed by atoms with Gasteiger partial charge in [0.1, 0.15) is 12.1 Å². The van der Waals surface area contributed by atoms with E-state index < -0.39 is 11.2 Å². The van der Waals surface area contributed by atoms with Gasteiger partial charge in [-0.05, 0) is 38.1 Å². The van der Waals surface area contributed by atoms with Crippen molar-refractivity contribution in [2.75, 3.05) is 0 Å². The Bertz CT molecular complexity index is 352. The Morgan fingerprint density at radius 3 is 2.21 bits per heavy atom. The molecule has 0 fully saturated rings. The first-order valence-corrected chi connectivity index (χ1v) is 4.24. The molecule has 1 aromatic carbocycles. The summed E-state index contributed by atoms with van der Waals surface area (Å²) >= 11 is 0. The second kappa shape index (κ2) is 3.70. The monoisotopic (exact) mass is 194 g/mol. The summed E-state index contributed by atoms with van der Waals surface area (Å²) in [6.45, 7) is 3.07. The minimum atomic E-state index is -1.04. The average molecular weight is 194 g/mol. The van der Waals surface area contributed by atoms with Crippen molar-refractivity contribution in [1.29, 1.82) is 0 Å². The Morgan fingerprint density at radius 1 is 1.29 bits per heavy atom. The molecule has 0 spiro atoms. The average Bonchev–Trinajstić information content (AvgIpc) is 2.18. The zero-order valence-corrected chi connectivity index (χ0v) is 8.08. The Balaban J connectivity index is 3.01. The Kier molecular flexibility index (Phi) is 2.79. The fourth-order valence-corrected chi connectivity index (χ4v) is 1.03. The van der Waals surface area contributed by atoms with Gasteiger partial charge in [0.2, 0.25) is 0 Å². The summed E-state index contributed by atoms with van der Waals surface area (Å²) in [5.74, 6) is -0.696. The van der Waals surface area contributed by atoms with E-state index in [0.717, 1.165) is 0 Å². The SMILES string of the molecule is CC(C)(C=O)C(=O)c1ccc(F)cc1. The minimum absolute atomic E-state index is 0.299. The predicted molar refractivity (Wildman–Crippen MR) is 50.6 cm³/mol. The third-order valence-electron chi connectivity index (χ3n) is 1.99. The lowest BCUT2D eigenvalue weighted by atomic mass is 9.86. The molecule has 0 heterocycles. The zero-order chi connectivity index (χ0) is 10.8. The van der Waals surface area contributed by atoms with Crippen LogP contribution in [0, 0.1) is 11.2 Å². The van der Waals surface area contributed by atoms with Gasteiger partial charge in [0.05, 0.1) is 5.41 Å². The van der Waals surface area contributed by atoms with Gasteiger partial charge in [0.15, 0.2) is 5.78 Å². The fraction of sp³-hybridized carbons (Fsp3) is 0.273. The molecule has 0 saturated carbocycles. The van der Waals surface area contributed by atoms with E-state index in [1.165, 1.54) is 38.1 Å². The number of carbonyl (C=O) groups excluding carboxylic acids is 2. The predicted octanol–water partition coefficient (Wildman–Crippen LogP) is 2.23. The van der Waals surface area contributed by atoms with Crippen molar-refractivity contribution >= 4 is 12.1 Å². The van der Waals surface area contributed by atoms with Gasteiger partial charge in [0, 0.05) is 5.56 Å². The minimum Gasteiger partial charge on any atom is -0.302 e. The molecule has 0 aliphatic rings. The first-order chi connectivity index (χ1) is 6.47. The quantitative estimate of drug-likeness (QED) is 0.420. The second-order valence-electron chi connectivity index (χ2n) is 3.68. The molecule has 0 aliphatic carbocycles. The normalized spacial score (nSPS) is 11.1. The third kappa shape index (κ3) is 2.05. The summed E-state index contributed by atoms with van der Waals surface area (Å²) < 4.78 is 12.5. The number of hydrogen-bond donors (Lipinski definition) is 0. The van der Waals surface area contributed by atoms with Crippen LogP contribution in [-0.2, 0) is 4.79 Å². The van der Waals surface area contributed by atoms with Crippen LogP contribution in [0.25, 0.3) is 0 Å². The van der Waals surface area contributed by atoms with Crippen molar-refractivity contribution in [1.82, 2.24) is 0 Å². The van der Waals surface area contributed by atoms with Gasteiger partial charge in [0.25, 0.3) is 0 Å². The molecule has 3 heteroatoms. The lowest BCUT2D eigenvalue weighted by Crippen LogP contribution is -2.25.